The Labute approximate surface area is 156 Å². The molecule has 0 spiro atoms. The van der Waals surface area contributed by atoms with Crippen LogP contribution in [0.3, 0.4) is 0 Å². The van der Waals surface area contributed by atoms with E-state index in [1.54, 1.807) is 36.7 Å². The third kappa shape index (κ3) is 3.92. The summed E-state index contributed by atoms with van der Waals surface area (Å²) in [6, 6.07) is 9.03. The van der Waals surface area contributed by atoms with Crippen LogP contribution in [0.15, 0.2) is 58.2 Å². The lowest BCUT2D eigenvalue weighted by molar-refractivity contribution is 0.311. The summed E-state index contributed by atoms with van der Waals surface area (Å²) in [4.78, 5) is 8.28. The van der Waals surface area contributed by atoms with Crippen molar-refractivity contribution in [1.82, 2.24) is 19.8 Å². The van der Waals surface area contributed by atoms with Crippen molar-refractivity contribution in [1.29, 1.82) is 0 Å². The average molecular weight is 393 g/mol. The van der Waals surface area contributed by atoms with Crippen LogP contribution in [0, 0.1) is 5.92 Å². The number of halogens is 1. The standard InChI is InChI=1S/C17H17ClN4O3S/c1-11(2)15(22-26(23,24)14-6-4-3-5-13(14)18)17-20-16(21-25-17)12-7-9-19-10-8-12/h3-11,15,22H,1-2H3. The lowest BCUT2D eigenvalue weighted by atomic mass is 10.1. The molecule has 0 saturated carbocycles. The van der Waals surface area contributed by atoms with E-state index in [-0.39, 0.29) is 21.7 Å². The Morgan fingerprint density at radius 2 is 1.81 bits per heavy atom. The summed E-state index contributed by atoms with van der Waals surface area (Å²) in [5.74, 6) is 0.422. The fourth-order valence-corrected chi connectivity index (χ4v) is 4.20. The molecule has 1 N–H and O–H groups in total. The van der Waals surface area contributed by atoms with Gasteiger partial charge in [-0.1, -0.05) is 42.7 Å². The highest BCUT2D eigenvalue weighted by atomic mass is 35.5. The molecule has 136 valence electrons. The maximum atomic E-state index is 12.7. The van der Waals surface area contributed by atoms with E-state index in [0.29, 0.717) is 5.82 Å². The Kier molecular flexibility index (Phi) is 5.36. The molecule has 0 fully saturated rings. The Balaban J connectivity index is 1.91. The fourth-order valence-electron chi connectivity index (χ4n) is 2.34. The maximum Gasteiger partial charge on any atom is 0.245 e. The van der Waals surface area contributed by atoms with Gasteiger partial charge < -0.3 is 4.52 Å². The SMILES string of the molecule is CC(C)C(NS(=O)(=O)c1ccccc1Cl)c1nc(-c2ccncc2)no1. The second-order valence-electron chi connectivity index (χ2n) is 5.97. The summed E-state index contributed by atoms with van der Waals surface area (Å²) >= 11 is 6.03. The lowest BCUT2D eigenvalue weighted by Crippen LogP contribution is -2.32. The minimum absolute atomic E-state index is 0.00110. The predicted molar refractivity (Wildman–Crippen MR) is 96.9 cm³/mol. The summed E-state index contributed by atoms with van der Waals surface area (Å²) in [5.41, 5.74) is 0.728. The molecule has 3 rings (SSSR count). The van der Waals surface area contributed by atoms with Crippen molar-refractivity contribution in [2.45, 2.75) is 24.8 Å². The van der Waals surface area contributed by atoms with E-state index in [2.05, 4.69) is 19.8 Å². The monoisotopic (exact) mass is 392 g/mol. The zero-order chi connectivity index (χ0) is 18.7. The number of nitrogens with zero attached hydrogens (tertiary/aromatic N) is 3. The van der Waals surface area contributed by atoms with Crippen LogP contribution in [0.2, 0.25) is 5.02 Å². The quantitative estimate of drug-likeness (QED) is 0.689. The molecule has 26 heavy (non-hydrogen) atoms. The highest BCUT2D eigenvalue weighted by Crippen LogP contribution is 2.27. The second-order valence-corrected chi connectivity index (χ2v) is 8.06. The van der Waals surface area contributed by atoms with Gasteiger partial charge in [0.15, 0.2) is 0 Å². The molecule has 0 aliphatic rings. The number of aromatic nitrogens is 3. The summed E-state index contributed by atoms with van der Waals surface area (Å²) in [7, 11) is -3.86. The first-order chi connectivity index (χ1) is 12.4. The Hall–Kier alpha value is -2.29. The summed E-state index contributed by atoms with van der Waals surface area (Å²) in [6.07, 6.45) is 3.23. The Bertz CT molecular complexity index is 990. The van der Waals surface area contributed by atoms with Gasteiger partial charge in [0.05, 0.1) is 5.02 Å². The molecule has 7 nitrogen and oxygen atoms in total. The van der Waals surface area contributed by atoms with Gasteiger partial charge in [-0.05, 0) is 30.2 Å². The number of pyridine rings is 1. The molecule has 2 aromatic heterocycles. The van der Waals surface area contributed by atoms with Crippen LogP contribution in [0.1, 0.15) is 25.8 Å². The van der Waals surface area contributed by atoms with Crippen LogP contribution in [0.4, 0.5) is 0 Å². The van der Waals surface area contributed by atoms with Gasteiger partial charge in [-0.25, -0.2) is 8.42 Å². The number of nitrogens with one attached hydrogen (secondary N) is 1. The number of hydrogen-bond donors (Lipinski definition) is 1. The third-order valence-corrected chi connectivity index (χ3v) is 5.66. The van der Waals surface area contributed by atoms with Crippen LogP contribution in [-0.2, 0) is 10.0 Å². The van der Waals surface area contributed by atoms with Gasteiger partial charge in [-0.15, -0.1) is 0 Å². The minimum Gasteiger partial charge on any atom is -0.337 e. The van der Waals surface area contributed by atoms with E-state index in [9.17, 15) is 8.42 Å². The fraction of sp³-hybridized carbons (Fsp3) is 0.235. The molecule has 1 unspecified atom stereocenters. The van der Waals surface area contributed by atoms with E-state index in [1.807, 2.05) is 13.8 Å². The topological polar surface area (TPSA) is 98.0 Å². The third-order valence-electron chi connectivity index (χ3n) is 3.72. The van der Waals surface area contributed by atoms with E-state index in [0.717, 1.165) is 5.56 Å². The Morgan fingerprint density at radius 3 is 2.46 bits per heavy atom. The first-order valence-corrected chi connectivity index (χ1v) is 9.75. The van der Waals surface area contributed by atoms with Crippen LogP contribution in [0.5, 0.6) is 0 Å². The summed E-state index contributed by atoms with van der Waals surface area (Å²) in [6.45, 7) is 3.71. The molecule has 0 radical (unpaired) electrons. The van der Waals surface area contributed by atoms with Gasteiger partial charge in [0, 0.05) is 18.0 Å². The number of sulfonamides is 1. The van der Waals surface area contributed by atoms with Crippen LogP contribution >= 0.6 is 11.6 Å². The van der Waals surface area contributed by atoms with Crippen molar-refractivity contribution in [2.24, 2.45) is 5.92 Å². The van der Waals surface area contributed by atoms with Crippen molar-refractivity contribution < 1.29 is 12.9 Å². The van der Waals surface area contributed by atoms with Crippen LogP contribution < -0.4 is 4.72 Å². The van der Waals surface area contributed by atoms with Crippen LogP contribution in [0.25, 0.3) is 11.4 Å². The van der Waals surface area contributed by atoms with Gasteiger partial charge in [0.25, 0.3) is 0 Å². The van der Waals surface area contributed by atoms with E-state index < -0.39 is 16.1 Å². The highest BCUT2D eigenvalue weighted by Gasteiger charge is 2.29. The largest absolute Gasteiger partial charge is 0.337 e. The van der Waals surface area contributed by atoms with Gasteiger partial charge >= 0.3 is 0 Å². The first kappa shape index (κ1) is 18.5. The molecule has 0 amide bonds. The zero-order valence-electron chi connectivity index (χ0n) is 14.1. The molecule has 9 heteroatoms. The second kappa shape index (κ2) is 7.53. The minimum atomic E-state index is -3.86. The molecule has 0 saturated heterocycles. The summed E-state index contributed by atoms with van der Waals surface area (Å²) < 4.78 is 33.4. The molecule has 1 aromatic carbocycles. The van der Waals surface area contributed by atoms with Crippen molar-refractivity contribution in [3.8, 4) is 11.4 Å². The molecule has 0 bridgehead atoms. The van der Waals surface area contributed by atoms with Gasteiger partial charge in [0.2, 0.25) is 21.7 Å². The number of hydrogen-bond acceptors (Lipinski definition) is 6. The molecular weight excluding hydrogens is 376 g/mol. The maximum absolute atomic E-state index is 12.7. The van der Waals surface area contributed by atoms with Crippen LogP contribution in [-0.4, -0.2) is 23.5 Å². The molecule has 2 heterocycles. The zero-order valence-corrected chi connectivity index (χ0v) is 15.7. The molecule has 1 atom stereocenters. The molecular formula is C17H17ClN4O3S. The average Bonchev–Trinajstić information content (AvgIpc) is 3.10. The Morgan fingerprint density at radius 1 is 1.12 bits per heavy atom. The molecule has 0 aliphatic heterocycles. The molecule has 3 aromatic rings. The number of rotatable bonds is 6. The molecule has 0 aliphatic carbocycles. The predicted octanol–water partition coefficient (Wildman–Crippen LogP) is 3.46. The van der Waals surface area contributed by atoms with Crippen molar-refractivity contribution in [3.05, 3.63) is 59.7 Å². The van der Waals surface area contributed by atoms with Gasteiger partial charge in [-0.3, -0.25) is 4.98 Å². The van der Waals surface area contributed by atoms with Gasteiger partial charge in [0.1, 0.15) is 10.9 Å². The van der Waals surface area contributed by atoms with Crippen molar-refractivity contribution in [2.75, 3.05) is 0 Å². The van der Waals surface area contributed by atoms with E-state index in [4.69, 9.17) is 16.1 Å². The first-order valence-electron chi connectivity index (χ1n) is 7.89. The number of benzene rings is 1. The van der Waals surface area contributed by atoms with E-state index in [1.165, 1.54) is 12.1 Å². The summed E-state index contributed by atoms with van der Waals surface area (Å²) in [5, 5.41) is 4.08. The van der Waals surface area contributed by atoms with Gasteiger partial charge in [-0.2, -0.15) is 9.71 Å². The van der Waals surface area contributed by atoms with Crippen molar-refractivity contribution in [3.63, 3.8) is 0 Å². The highest BCUT2D eigenvalue weighted by molar-refractivity contribution is 7.89. The normalized spacial score (nSPS) is 13.1. The van der Waals surface area contributed by atoms with E-state index >= 15 is 0 Å². The lowest BCUT2D eigenvalue weighted by Gasteiger charge is -2.19. The van der Waals surface area contributed by atoms with Crippen molar-refractivity contribution >= 4 is 21.6 Å². The smallest absolute Gasteiger partial charge is 0.245 e.